The summed E-state index contributed by atoms with van der Waals surface area (Å²) in [5, 5.41) is 5.02. The number of carbonyl (C=O) groups excluding carboxylic acids is 1. The van der Waals surface area contributed by atoms with E-state index in [4.69, 9.17) is 10.8 Å². The number of fused-ring (bicyclic) bond motifs is 1. The van der Waals surface area contributed by atoms with Gasteiger partial charge in [-0.1, -0.05) is 48.9 Å². The largest absolute Gasteiger partial charge is 0.384 e. The van der Waals surface area contributed by atoms with Crippen LogP contribution in [0.3, 0.4) is 0 Å². The van der Waals surface area contributed by atoms with Crippen LogP contribution in [-0.2, 0) is 23.0 Å². The Morgan fingerprint density at radius 2 is 1.74 bits per heavy atom. The number of nitrogens with zero attached hydrogens (tertiary/aromatic N) is 3. The SMILES string of the molecule is CCc1cccc2c(C(=O)NS(=O)(=O)c3cccc(N)n3)n(Cc3c(C)cc(C)cc3C)nc12. The van der Waals surface area contributed by atoms with Crippen molar-refractivity contribution in [2.75, 3.05) is 5.73 Å². The summed E-state index contributed by atoms with van der Waals surface area (Å²) in [7, 11) is -4.24. The number of rotatable bonds is 6. The molecule has 3 N–H and O–H groups in total. The third kappa shape index (κ3) is 4.38. The number of sulfonamides is 1. The molecule has 0 radical (unpaired) electrons. The minimum Gasteiger partial charge on any atom is -0.384 e. The zero-order valence-electron chi connectivity index (χ0n) is 19.6. The molecule has 4 aromatic rings. The Morgan fingerprint density at radius 1 is 1.06 bits per heavy atom. The average molecular weight is 478 g/mol. The molecule has 0 atom stereocenters. The number of hydrogen-bond donors (Lipinski definition) is 2. The van der Waals surface area contributed by atoms with Crippen molar-refractivity contribution in [2.24, 2.45) is 0 Å². The topological polar surface area (TPSA) is 120 Å². The Balaban J connectivity index is 1.83. The van der Waals surface area contributed by atoms with Crippen LogP contribution in [0, 0.1) is 20.8 Å². The van der Waals surface area contributed by atoms with Crippen molar-refractivity contribution in [3.8, 4) is 0 Å². The molecular formula is C25H27N5O3S. The van der Waals surface area contributed by atoms with Crippen molar-refractivity contribution in [1.29, 1.82) is 0 Å². The first-order valence-electron chi connectivity index (χ1n) is 11.0. The minimum absolute atomic E-state index is 0.0451. The number of aryl methyl sites for hydroxylation is 4. The van der Waals surface area contributed by atoms with Crippen molar-refractivity contribution in [3.05, 3.63) is 82.0 Å². The van der Waals surface area contributed by atoms with Gasteiger partial charge in [-0.2, -0.15) is 13.5 Å². The number of pyridine rings is 1. The molecule has 0 aliphatic heterocycles. The smallest absolute Gasteiger partial charge is 0.283 e. The number of amides is 1. The third-order valence-electron chi connectivity index (χ3n) is 5.85. The number of benzene rings is 2. The fraction of sp³-hybridized carbons (Fsp3) is 0.240. The van der Waals surface area contributed by atoms with Crippen LogP contribution in [-0.4, -0.2) is 29.1 Å². The lowest BCUT2D eigenvalue weighted by molar-refractivity contribution is 0.0973. The fourth-order valence-electron chi connectivity index (χ4n) is 4.26. The molecule has 0 bridgehead atoms. The van der Waals surface area contributed by atoms with Crippen LogP contribution in [0.15, 0.2) is 53.6 Å². The molecule has 9 heteroatoms. The monoisotopic (exact) mass is 477 g/mol. The summed E-state index contributed by atoms with van der Waals surface area (Å²) in [6.07, 6.45) is 0.726. The molecule has 34 heavy (non-hydrogen) atoms. The lowest BCUT2D eigenvalue weighted by Crippen LogP contribution is -2.33. The standard InChI is InChI=1S/C25H27N5O3S/c1-5-18-8-6-9-19-23(18)28-30(14-20-16(3)12-15(2)13-17(20)4)24(19)25(31)29-34(32,33)22-11-7-10-21(26)27-22/h6-13H,5,14H2,1-4H3,(H2,26,27)(H,29,31). The normalized spacial score (nSPS) is 11.6. The van der Waals surface area contributed by atoms with Crippen LogP contribution in [0.5, 0.6) is 0 Å². The van der Waals surface area contributed by atoms with Gasteiger partial charge < -0.3 is 5.73 Å². The molecular weight excluding hydrogens is 450 g/mol. The molecule has 0 spiro atoms. The molecule has 8 nitrogen and oxygen atoms in total. The van der Waals surface area contributed by atoms with Crippen molar-refractivity contribution in [3.63, 3.8) is 0 Å². The first kappa shape index (κ1) is 23.4. The molecule has 1 amide bonds. The molecule has 0 unspecified atom stereocenters. The van der Waals surface area contributed by atoms with Crippen LogP contribution < -0.4 is 10.5 Å². The van der Waals surface area contributed by atoms with Gasteiger partial charge in [-0.25, -0.2) is 9.71 Å². The number of hydrogen-bond acceptors (Lipinski definition) is 6. The summed E-state index contributed by atoms with van der Waals surface area (Å²) in [6.45, 7) is 8.41. The predicted octanol–water partition coefficient (Wildman–Crippen LogP) is 3.67. The van der Waals surface area contributed by atoms with Gasteiger partial charge in [0, 0.05) is 5.39 Å². The van der Waals surface area contributed by atoms with E-state index in [1.807, 2.05) is 39.8 Å². The van der Waals surface area contributed by atoms with E-state index < -0.39 is 15.9 Å². The van der Waals surface area contributed by atoms with Gasteiger partial charge in [0.15, 0.2) is 5.03 Å². The second-order valence-electron chi connectivity index (χ2n) is 8.39. The summed E-state index contributed by atoms with van der Waals surface area (Å²) >= 11 is 0. The Morgan fingerprint density at radius 3 is 2.38 bits per heavy atom. The quantitative estimate of drug-likeness (QED) is 0.437. The van der Waals surface area contributed by atoms with Crippen molar-refractivity contribution < 1.29 is 13.2 Å². The molecule has 0 aliphatic rings. The maximum atomic E-state index is 13.4. The van der Waals surface area contributed by atoms with Crippen molar-refractivity contribution in [1.82, 2.24) is 19.5 Å². The first-order valence-corrected chi connectivity index (χ1v) is 12.4. The molecule has 2 aromatic carbocycles. The highest BCUT2D eigenvalue weighted by Crippen LogP contribution is 2.26. The summed E-state index contributed by atoms with van der Waals surface area (Å²) in [4.78, 5) is 17.3. The van der Waals surface area contributed by atoms with Crippen LogP contribution in [0.4, 0.5) is 5.82 Å². The molecule has 176 valence electrons. The number of nitrogen functional groups attached to an aromatic ring is 1. The van der Waals surface area contributed by atoms with Gasteiger partial charge >= 0.3 is 0 Å². The molecule has 2 heterocycles. The number of carbonyl (C=O) groups is 1. The highest BCUT2D eigenvalue weighted by Gasteiger charge is 2.26. The highest BCUT2D eigenvalue weighted by atomic mass is 32.2. The number of nitrogens with two attached hydrogens (primary N) is 1. The number of nitrogens with one attached hydrogen (secondary N) is 1. The van der Waals surface area contributed by atoms with Gasteiger partial charge in [0.1, 0.15) is 11.5 Å². The van der Waals surface area contributed by atoms with Gasteiger partial charge in [-0.3, -0.25) is 9.48 Å². The van der Waals surface area contributed by atoms with Gasteiger partial charge in [-0.15, -0.1) is 0 Å². The average Bonchev–Trinajstić information content (AvgIpc) is 3.14. The molecule has 2 aromatic heterocycles. The Kier molecular flexibility index (Phi) is 6.14. The first-order chi connectivity index (χ1) is 16.1. The lowest BCUT2D eigenvalue weighted by atomic mass is 10.00. The van der Waals surface area contributed by atoms with Gasteiger partial charge in [-0.05, 0) is 61.6 Å². The third-order valence-corrected chi connectivity index (χ3v) is 7.08. The van der Waals surface area contributed by atoms with E-state index in [1.165, 1.54) is 18.2 Å². The van der Waals surface area contributed by atoms with Crippen LogP contribution in [0.2, 0.25) is 0 Å². The molecule has 0 aliphatic carbocycles. The van der Waals surface area contributed by atoms with Gasteiger partial charge in [0.2, 0.25) is 0 Å². The van der Waals surface area contributed by atoms with E-state index in [2.05, 4.69) is 21.8 Å². The number of aromatic nitrogens is 3. The van der Waals surface area contributed by atoms with Crippen LogP contribution in [0.25, 0.3) is 10.9 Å². The van der Waals surface area contributed by atoms with E-state index in [-0.39, 0.29) is 16.5 Å². The zero-order chi connectivity index (χ0) is 24.6. The van der Waals surface area contributed by atoms with E-state index >= 15 is 0 Å². The maximum Gasteiger partial charge on any atom is 0.283 e. The summed E-state index contributed by atoms with van der Waals surface area (Å²) in [5.41, 5.74) is 11.8. The Hall–Kier alpha value is -3.72. The maximum absolute atomic E-state index is 13.4. The fourth-order valence-corrected chi connectivity index (χ4v) is 5.19. The zero-order valence-corrected chi connectivity index (χ0v) is 20.4. The molecule has 0 saturated heterocycles. The van der Waals surface area contributed by atoms with Crippen LogP contribution >= 0.6 is 0 Å². The van der Waals surface area contributed by atoms with E-state index in [0.717, 1.165) is 34.2 Å². The van der Waals surface area contributed by atoms with Crippen molar-refractivity contribution >= 4 is 32.7 Å². The lowest BCUT2D eigenvalue weighted by Gasteiger charge is -2.14. The van der Waals surface area contributed by atoms with Gasteiger partial charge in [0.05, 0.1) is 12.1 Å². The summed E-state index contributed by atoms with van der Waals surface area (Å²) in [5.74, 6) is -0.730. The van der Waals surface area contributed by atoms with Crippen LogP contribution in [0.1, 0.15) is 45.2 Å². The molecule has 0 saturated carbocycles. The second kappa shape index (κ2) is 8.90. The Labute approximate surface area is 198 Å². The summed E-state index contributed by atoms with van der Waals surface area (Å²) in [6, 6.07) is 14.0. The minimum atomic E-state index is -4.24. The van der Waals surface area contributed by atoms with E-state index in [0.29, 0.717) is 17.4 Å². The second-order valence-corrected chi connectivity index (χ2v) is 10.0. The van der Waals surface area contributed by atoms with Crippen molar-refractivity contribution in [2.45, 2.75) is 45.7 Å². The number of anilines is 1. The molecule has 0 fully saturated rings. The van der Waals surface area contributed by atoms with E-state index in [1.54, 1.807) is 10.7 Å². The van der Waals surface area contributed by atoms with E-state index in [9.17, 15) is 13.2 Å². The predicted molar refractivity (Wildman–Crippen MR) is 132 cm³/mol. The summed E-state index contributed by atoms with van der Waals surface area (Å²) < 4.78 is 29.5. The molecule has 4 rings (SSSR count). The Bertz CT molecular complexity index is 1500. The highest BCUT2D eigenvalue weighted by molar-refractivity contribution is 7.90. The van der Waals surface area contributed by atoms with Gasteiger partial charge in [0.25, 0.3) is 15.9 Å².